The number of hydrogen-bond acceptors (Lipinski definition) is 4. The molecule has 18 heavy (non-hydrogen) atoms. The highest BCUT2D eigenvalue weighted by molar-refractivity contribution is 5.83. The van der Waals surface area contributed by atoms with Crippen LogP contribution in [-0.4, -0.2) is 27.3 Å². The van der Waals surface area contributed by atoms with E-state index in [1.54, 1.807) is 10.8 Å². The minimum Gasteiger partial charge on any atom is -0.444 e. The van der Waals surface area contributed by atoms with Gasteiger partial charge in [-0.25, -0.2) is 9.78 Å². The molecule has 3 N–H and O–H groups in total. The fourth-order valence-electron chi connectivity index (χ4n) is 1.45. The number of nitrogens with two attached hydrogens (primary N) is 1. The van der Waals surface area contributed by atoms with Crippen molar-refractivity contribution in [3.8, 4) is 0 Å². The summed E-state index contributed by atoms with van der Waals surface area (Å²) >= 11 is 0. The molecule has 0 bridgehead atoms. The molecule has 0 aliphatic heterocycles. The molecule has 0 aliphatic carbocycles. The molecule has 1 rings (SSSR count). The highest BCUT2D eigenvalue weighted by Crippen LogP contribution is 2.13. The Balaban J connectivity index is 2.68. The van der Waals surface area contributed by atoms with Crippen molar-refractivity contribution in [3.05, 3.63) is 12.0 Å². The first-order valence-electron chi connectivity index (χ1n) is 5.95. The van der Waals surface area contributed by atoms with Crippen LogP contribution in [0.25, 0.3) is 0 Å². The van der Waals surface area contributed by atoms with Crippen LogP contribution in [0.3, 0.4) is 0 Å². The Hall–Kier alpha value is -1.56. The lowest BCUT2D eigenvalue weighted by Crippen LogP contribution is -2.28. The zero-order valence-electron chi connectivity index (χ0n) is 11.7. The largest absolute Gasteiger partial charge is 0.444 e. The van der Waals surface area contributed by atoms with Gasteiger partial charge in [-0.05, 0) is 27.7 Å². The van der Waals surface area contributed by atoms with E-state index < -0.39 is 11.7 Å². The van der Waals surface area contributed by atoms with Gasteiger partial charge in [0.1, 0.15) is 17.2 Å². The first-order chi connectivity index (χ1) is 8.19. The second-order valence-electron chi connectivity index (χ2n) is 5.43. The van der Waals surface area contributed by atoms with Gasteiger partial charge in [0.2, 0.25) is 0 Å². The summed E-state index contributed by atoms with van der Waals surface area (Å²) < 4.78 is 6.97. The average Bonchev–Trinajstić information content (AvgIpc) is 2.46. The molecular weight excluding hydrogens is 232 g/mol. The predicted molar refractivity (Wildman–Crippen MR) is 70.4 cm³/mol. The number of rotatable bonds is 3. The van der Waals surface area contributed by atoms with Gasteiger partial charge in [0.25, 0.3) is 0 Å². The maximum absolute atomic E-state index is 11.6. The molecule has 1 heterocycles. The second-order valence-corrected chi connectivity index (χ2v) is 5.43. The van der Waals surface area contributed by atoms with Crippen LogP contribution in [0.2, 0.25) is 0 Å². The molecule has 1 aromatic rings. The Morgan fingerprint density at radius 1 is 1.61 bits per heavy atom. The maximum Gasteiger partial charge on any atom is 0.413 e. The van der Waals surface area contributed by atoms with Crippen LogP contribution in [-0.2, 0) is 18.2 Å². The minimum absolute atomic E-state index is 0.0282. The molecule has 1 unspecified atom stereocenters. The number of amides is 1. The zero-order valence-corrected chi connectivity index (χ0v) is 11.7. The summed E-state index contributed by atoms with van der Waals surface area (Å²) in [6.07, 6.45) is 1.77. The van der Waals surface area contributed by atoms with E-state index >= 15 is 0 Å². The quantitative estimate of drug-likeness (QED) is 0.859. The molecule has 6 nitrogen and oxygen atoms in total. The number of nitrogens with one attached hydrogen (secondary N) is 1. The minimum atomic E-state index is -0.517. The molecule has 0 saturated carbocycles. The Kier molecular flexibility index (Phi) is 4.34. The molecule has 1 atom stereocenters. The van der Waals surface area contributed by atoms with E-state index in [1.165, 1.54) is 0 Å². The summed E-state index contributed by atoms with van der Waals surface area (Å²) in [5, 5.41) is 2.66. The van der Waals surface area contributed by atoms with Crippen molar-refractivity contribution in [3.63, 3.8) is 0 Å². The summed E-state index contributed by atoms with van der Waals surface area (Å²) in [5.41, 5.74) is 5.21. The van der Waals surface area contributed by atoms with E-state index in [1.807, 2.05) is 34.7 Å². The lowest BCUT2D eigenvalue weighted by Gasteiger charge is -2.19. The summed E-state index contributed by atoms with van der Waals surface area (Å²) in [7, 11) is 1.83. The van der Waals surface area contributed by atoms with Crippen LogP contribution in [0.5, 0.6) is 0 Å². The van der Waals surface area contributed by atoms with Gasteiger partial charge in [-0.1, -0.05) is 0 Å². The highest BCUT2D eigenvalue weighted by atomic mass is 16.6. The van der Waals surface area contributed by atoms with Crippen LogP contribution in [0, 0.1) is 0 Å². The number of nitrogens with zero attached hydrogens (tertiary/aromatic N) is 2. The van der Waals surface area contributed by atoms with E-state index in [0.717, 1.165) is 5.82 Å². The normalized spacial score (nSPS) is 13.2. The number of anilines is 1. The SMILES string of the molecule is CC(N)Cc1ncc(NC(=O)OC(C)(C)C)n1C. The maximum atomic E-state index is 11.6. The smallest absolute Gasteiger partial charge is 0.413 e. The van der Waals surface area contributed by atoms with E-state index in [2.05, 4.69) is 10.3 Å². The Labute approximate surface area is 108 Å². The van der Waals surface area contributed by atoms with E-state index in [0.29, 0.717) is 12.2 Å². The van der Waals surface area contributed by atoms with Crippen molar-refractivity contribution in [2.75, 3.05) is 5.32 Å². The standard InChI is InChI=1S/C12H22N4O2/c1-8(13)6-9-14-7-10(16(9)5)15-11(17)18-12(2,3)4/h7-8H,6,13H2,1-5H3,(H,15,17). The first kappa shape index (κ1) is 14.5. The third-order valence-electron chi connectivity index (χ3n) is 2.22. The van der Waals surface area contributed by atoms with Gasteiger partial charge in [0.15, 0.2) is 0 Å². The van der Waals surface area contributed by atoms with Gasteiger partial charge in [0, 0.05) is 19.5 Å². The second kappa shape index (κ2) is 5.39. The third-order valence-corrected chi connectivity index (χ3v) is 2.22. The predicted octanol–water partition coefficient (Wildman–Crippen LogP) is 1.66. The Morgan fingerprint density at radius 3 is 2.72 bits per heavy atom. The lowest BCUT2D eigenvalue weighted by molar-refractivity contribution is 0.0635. The van der Waals surface area contributed by atoms with Gasteiger partial charge in [0.05, 0.1) is 6.20 Å². The molecule has 102 valence electrons. The average molecular weight is 254 g/mol. The molecule has 1 amide bonds. The summed E-state index contributed by atoms with van der Waals surface area (Å²) in [6, 6.07) is 0.0282. The number of carbonyl (C=O) groups excluding carboxylic acids is 1. The molecule has 0 radical (unpaired) electrons. The van der Waals surface area contributed by atoms with Gasteiger partial charge < -0.3 is 15.0 Å². The molecule has 6 heteroatoms. The van der Waals surface area contributed by atoms with Gasteiger partial charge in [-0.15, -0.1) is 0 Å². The van der Waals surface area contributed by atoms with E-state index in [4.69, 9.17) is 10.5 Å². The van der Waals surface area contributed by atoms with Crippen LogP contribution < -0.4 is 11.1 Å². The van der Waals surface area contributed by atoms with Crippen molar-refractivity contribution in [1.82, 2.24) is 9.55 Å². The molecule has 0 fully saturated rings. The van der Waals surface area contributed by atoms with Gasteiger partial charge >= 0.3 is 6.09 Å². The number of imidazole rings is 1. The van der Waals surface area contributed by atoms with Gasteiger partial charge in [-0.2, -0.15) is 0 Å². The summed E-state index contributed by atoms with van der Waals surface area (Å²) in [5.74, 6) is 1.43. The molecule has 0 aliphatic rings. The van der Waals surface area contributed by atoms with E-state index in [-0.39, 0.29) is 6.04 Å². The van der Waals surface area contributed by atoms with Crippen molar-refractivity contribution in [2.45, 2.75) is 45.8 Å². The van der Waals surface area contributed by atoms with Crippen molar-refractivity contribution < 1.29 is 9.53 Å². The van der Waals surface area contributed by atoms with Crippen molar-refractivity contribution >= 4 is 11.9 Å². The van der Waals surface area contributed by atoms with Gasteiger partial charge in [-0.3, -0.25) is 5.32 Å². The first-order valence-corrected chi connectivity index (χ1v) is 5.95. The summed E-state index contributed by atoms with van der Waals surface area (Å²) in [6.45, 7) is 7.36. The Bertz CT molecular complexity index is 418. The fraction of sp³-hybridized carbons (Fsp3) is 0.667. The number of aromatic nitrogens is 2. The lowest BCUT2D eigenvalue weighted by atomic mass is 10.2. The van der Waals surface area contributed by atoms with Crippen molar-refractivity contribution in [2.24, 2.45) is 12.8 Å². The molecule has 0 spiro atoms. The van der Waals surface area contributed by atoms with E-state index in [9.17, 15) is 4.79 Å². The van der Waals surface area contributed by atoms with Crippen LogP contribution in [0.4, 0.5) is 10.6 Å². The van der Waals surface area contributed by atoms with Crippen molar-refractivity contribution in [1.29, 1.82) is 0 Å². The Morgan fingerprint density at radius 2 is 2.22 bits per heavy atom. The number of hydrogen-bond donors (Lipinski definition) is 2. The monoisotopic (exact) mass is 254 g/mol. The topological polar surface area (TPSA) is 82.2 Å². The third kappa shape index (κ3) is 4.37. The molecule has 1 aromatic heterocycles. The number of carbonyl (C=O) groups is 1. The van der Waals surface area contributed by atoms with Crippen LogP contribution in [0.1, 0.15) is 33.5 Å². The van der Waals surface area contributed by atoms with Crippen LogP contribution in [0.15, 0.2) is 6.20 Å². The summed E-state index contributed by atoms with van der Waals surface area (Å²) in [4.78, 5) is 15.8. The highest BCUT2D eigenvalue weighted by Gasteiger charge is 2.18. The number of ether oxygens (including phenoxy) is 1. The molecule has 0 saturated heterocycles. The fourth-order valence-corrected chi connectivity index (χ4v) is 1.45. The molecule has 0 aromatic carbocycles. The van der Waals surface area contributed by atoms with Crippen LogP contribution >= 0.6 is 0 Å². The molecular formula is C12H22N4O2. The zero-order chi connectivity index (χ0) is 13.9.